The Labute approximate surface area is 151 Å². The molecule has 140 valence electrons. The predicted molar refractivity (Wildman–Crippen MR) is 90.3 cm³/mol. The van der Waals surface area contributed by atoms with Gasteiger partial charge in [0.2, 0.25) is 5.95 Å². The van der Waals surface area contributed by atoms with E-state index in [-0.39, 0.29) is 23.3 Å². The molecule has 0 radical (unpaired) electrons. The van der Waals surface area contributed by atoms with Gasteiger partial charge in [-0.2, -0.15) is 17.7 Å². The number of aromatic nitrogens is 4. The van der Waals surface area contributed by atoms with Crippen LogP contribution in [0.5, 0.6) is 0 Å². The molecule has 1 N–H and O–H groups in total. The van der Waals surface area contributed by atoms with Crippen molar-refractivity contribution in [3.05, 3.63) is 29.3 Å². The molecule has 0 bridgehead atoms. The van der Waals surface area contributed by atoms with Crippen LogP contribution in [0.15, 0.2) is 12.1 Å². The van der Waals surface area contributed by atoms with Gasteiger partial charge in [0, 0.05) is 31.6 Å². The number of nitrogens with zero attached hydrogens (tertiary/aromatic N) is 5. The van der Waals surface area contributed by atoms with Gasteiger partial charge in [-0.15, -0.1) is 17.5 Å². The molecule has 1 aromatic carbocycles. The Kier molecular flexibility index (Phi) is 4.65. The molecular formula is C15H15ClF4N6. The van der Waals surface area contributed by atoms with Gasteiger partial charge in [-0.3, -0.25) is 0 Å². The van der Waals surface area contributed by atoms with E-state index in [0.717, 1.165) is 25.2 Å². The summed E-state index contributed by atoms with van der Waals surface area (Å²) >= 11 is 0. The van der Waals surface area contributed by atoms with Crippen molar-refractivity contribution in [2.24, 2.45) is 0 Å². The van der Waals surface area contributed by atoms with Crippen LogP contribution in [0.25, 0.3) is 16.6 Å². The molecule has 26 heavy (non-hydrogen) atoms. The lowest BCUT2D eigenvalue weighted by Gasteiger charge is -2.28. The summed E-state index contributed by atoms with van der Waals surface area (Å²) < 4.78 is 54.5. The van der Waals surface area contributed by atoms with Crippen LogP contribution in [-0.2, 0) is 6.18 Å². The standard InChI is InChI=1S/C15H14F4N6.ClH/c1-8-21-13-9-6-11(16)10(15(17,18)19)7-12(9)22-14(25(13)23-8)24-4-2-20-3-5-24;/h6-7,20H,2-5H2,1H3;1H. The Balaban J connectivity index is 0.00000196. The summed E-state index contributed by atoms with van der Waals surface area (Å²) in [6.07, 6.45) is -4.79. The van der Waals surface area contributed by atoms with E-state index in [1.54, 1.807) is 6.92 Å². The molecular weight excluding hydrogens is 376 g/mol. The highest BCUT2D eigenvalue weighted by atomic mass is 35.5. The van der Waals surface area contributed by atoms with E-state index in [2.05, 4.69) is 20.4 Å². The Hall–Kier alpha value is -2.20. The summed E-state index contributed by atoms with van der Waals surface area (Å²) in [6, 6.07) is 1.57. The second-order valence-corrected chi connectivity index (χ2v) is 5.89. The van der Waals surface area contributed by atoms with Crippen LogP contribution in [0.2, 0.25) is 0 Å². The van der Waals surface area contributed by atoms with Gasteiger partial charge < -0.3 is 10.2 Å². The Morgan fingerprint density at radius 1 is 1.12 bits per heavy atom. The number of hydrogen-bond donors (Lipinski definition) is 1. The van der Waals surface area contributed by atoms with Crippen LogP contribution in [0.3, 0.4) is 0 Å². The average Bonchev–Trinajstić information content (AvgIpc) is 2.95. The van der Waals surface area contributed by atoms with E-state index >= 15 is 0 Å². The second-order valence-electron chi connectivity index (χ2n) is 5.89. The third kappa shape index (κ3) is 3.03. The average molecular weight is 391 g/mol. The monoisotopic (exact) mass is 390 g/mol. The first-order valence-electron chi connectivity index (χ1n) is 7.74. The Bertz CT molecular complexity index is 964. The molecule has 0 amide bonds. The van der Waals surface area contributed by atoms with E-state index in [4.69, 9.17) is 0 Å². The number of fused-ring (bicyclic) bond motifs is 3. The van der Waals surface area contributed by atoms with E-state index < -0.39 is 17.6 Å². The van der Waals surface area contributed by atoms with Crippen molar-refractivity contribution in [1.82, 2.24) is 24.9 Å². The van der Waals surface area contributed by atoms with Crippen molar-refractivity contribution < 1.29 is 17.6 Å². The van der Waals surface area contributed by atoms with E-state index in [9.17, 15) is 17.6 Å². The maximum absolute atomic E-state index is 14.0. The fourth-order valence-electron chi connectivity index (χ4n) is 3.00. The molecule has 4 rings (SSSR count). The molecule has 2 aromatic heterocycles. The summed E-state index contributed by atoms with van der Waals surface area (Å²) in [7, 11) is 0. The molecule has 1 saturated heterocycles. The maximum atomic E-state index is 14.0. The van der Waals surface area contributed by atoms with Crippen molar-refractivity contribution in [3.63, 3.8) is 0 Å². The van der Waals surface area contributed by atoms with E-state index in [1.807, 2.05) is 4.90 Å². The summed E-state index contributed by atoms with van der Waals surface area (Å²) in [4.78, 5) is 10.5. The summed E-state index contributed by atoms with van der Waals surface area (Å²) in [5, 5.41) is 7.67. The molecule has 0 spiro atoms. The van der Waals surface area contributed by atoms with E-state index in [0.29, 0.717) is 30.5 Å². The first-order valence-corrected chi connectivity index (χ1v) is 7.74. The third-order valence-electron chi connectivity index (χ3n) is 4.15. The topological polar surface area (TPSA) is 58.4 Å². The highest BCUT2D eigenvalue weighted by Crippen LogP contribution is 2.35. The minimum Gasteiger partial charge on any atom is -0.338 e. The molecule has 1 fully saturated rings. The predicted octanol–water partition coefficient (Wildman–Crippen LogP) is 2.58. The quantitative estimate of drug-likeness (QED) is 0.647. The van der Waals surface area contributed by atoms with Crippen molar-refractivity contribution >= 4 is 34.9 Å². The van der Waals surface area contributed by atoms with Gasteiger partial charge >= 0.3 is 6.18 Å². The number of anilines is 1. The van der Waals surface area contributed by atoms with Gasteiger partial charge in [0.1, 0.15) is 11.6 Å². The maximum Gasteiger partial charge on any atom is 0.419 e. The summed E-state index contributed by atoms with van der Waals surface area (Å²) in [5.41, 5.74) is -0.995. The lowest BCUT2D eigenvalue weighted by atomic mass is 10.1. The second kappa shape index (κ2) is 6.51. The zero-order valence-electron chi connectivity index (χ0n) is 13.6. The van der Waals surface area contributed by atoms with Gasteiger partial charge in [0.05, 0.1) is 11.1 Å². The summed E-state index contributed by atoms with van der Waals surface area (Å²) in [5.74, 6) is -0.505. The number of hydrogen-bond acceptors (Lipinski definition) is 5. The molecule has 0 aliphatic carbocycles. The minimum atomic E-state index is -4.79. The molecule has 0 unspecified atom stereocenters. The van der Waals surface area contributed by atoms with Crippen LogP contribution in [0.4, 0.5) is 23.5 Å². The number of rotatable bonds is 1. The highest BCUT2D eigenvalue weighted by molar-refractivity contribution is 5.93. The number of halogens is 5. The Morgan fingerprint density at radius 2 is 1.81 bits per heavy atom. The zero-order valence-corrected chi connectivity index (χ0v) is 14.5. The molecule has 0 atom stereocenters. The number of nitrogens with one attached hydrogen (secondary N) is 1. The van der Waals surface area contributed by atoms with Crippen LogP contribution in [0, 0.1) is 12.7 Å². The van der Waals surface area contributed by atoms with Crippen LogP contribution >= 0.6 is 12.4 Å². The SMILES string of the molecule is Cc1nc2c3cc(F)c(C(F)(F)F)cc3nc(N3CCNCC3)n2n1.Cl. The number of piperazine rings is 1. The van der Waals surface area contributed by atoms with E-state index in [1.165, 1.54) is 4.52 Å². The number of alkyl halides is 3. The van der Waals surface area contributed by atoms with Crippen LogP contribution in [-0.4, -0.2) is 45.8 Å². The summed E-state index contributed by atoms with van der Waals surface area (Å²) in [6.45, 7) is 4.40. The smallest absolute Gasteiger partial charge is 0.338 e. The van der Waals surface area contributed by atoms with Crippen LogP contribution in [0.1, 0.15) is 11.4 Å². The van der Waals surface area contributed by atoms with Crippen molar-refractivity contribution in [3.8, 4) is 0 Å². The zero-order chi connectivity index (χ0) is 17.8. The first-order chi connectivity index (χ1) is 11.8. The molecule has 1 aliphatic rings. The highest BCUT2D eigenvalue weighted by Gasteiger charge is 2.35. The minimum absolute atomic E-state index is 0. The van der Waals surface area contributed by atoms with Gasteiger partial charge in [0.25, 0.3) is 0 Å². The first kappa shape index (κ1) is 18.6. The van der Waals surface area contributed by atoms with Gasteiger partial charge in [0.15, 0.2) is 5.65 Å². The molecule has 3 heterocycles. The van der Waals surface area contributed by atoms with Gasteiger partial charge in [-0.1, -0.05) is 0 Å². The van der Waals surface area contributed by atoms with Crippen molar-refractivity contribution in [2.45, 2.75) is 13.1 Å². The lowest BCUT2D eigenvalue weighted by molar-refractivity contribution is -0.139. The number of aryl methyl sites for hydroxylation is 1. The van der Waals surface area contributed by atoms with Crippen molar-refractivity contribution in [1.29, 1.82) is 0 Å². The van der Waals surface area contributed by atoms with Gasteiger partial charge in [-0.25, -0.2) is 14.4 Å². The fourth-order valence-corrected chi connectivity index (χ4v) is 3.00. The largest absolute Gasteiger partial charge is 0.419 e. The molecule has 1 aliphatic heterocycles. The molecule has 0 saturated carbocycles. The van der Waals surface area contributed by atoms with Gasteiger partial charge in [-0.05, 0) is 19.1 Å². The Morgan fingerprint density at radius 3 is 2.46 bits per heavy atom. The normalized spacial score (nSPS) is 15.5. The fraction of sp³-hybridized carbons (Fsp3) is 0.400. The lowest BCUT2D eigenvalue weighted by Crippen LogP contribution is -2.44. The number of benzene rings is 1. The van der Waals surface area contributed by atoms with Crippen molar-refractivity contribution in [2.75, 3.05) is 31.1 Å². The molecule has 3 aromatic rings. The molecule has 11 heteroatoms. The third-order valence-corrected chi connectivity index (χ3v) is 4.15. The van der Waals surface area contributed by atoms with Crippen LogP contribution < -0.4 is 10.2 Å². The molecule has 6 nitrogen and oxygen atoms in total.